The van der Waals surface area contributed by atoms with Gasteiger partial charge in [0.15, 0.2) is 19.7 Å². The van der Waals surface area contributed by atoms with Gasteiger partial charge in [-0.05, 0) is 12.1 Å². The number of carbonyl (C=O) groups is 1. The van der Waals surface area contributed by atoms with E-state index in [1.165, 1.54) is 0 Å². The van der Waals surface area contributed by atoms with Crippen LogP contribution >= 0.6 is 0 Å². The molecular weight excluding hydrogens is 282 g/mol. The van der Waals surface area contributed by atoms with E-state index >= 15 is 0 Å². The van der Waals surface area contributed by atoms with Gasteiger partial charge in [-0.15, -0.1) is 0 Å². The van der Waals surface area contributed by atoms with E-state index < -0.39 is 46.7 Å². The van der Waals surface area contributed by atoms with Crippen LogP contribution in [0.3, 0.4) is 0 Å². The lowest BCUT2D eigenvalue weighted by molar-refractivity contribution is 0.0692. The van der Waals surface area contributed by atoms with Crippen LogP contribution in [-0.2, 0) is 19.7 Å². The third-order valence-electron chi connectivity index (χ3n) is 2.16. The van der Waals surface area contributed by atoms with Crippen molar-refractivity contribution >= 4 is 31.3 Å². The smallest absolute Gasteiger partial charge is 0.337 e. The summed E-state index contributed by atoms with van der Waals surface area (Å²) in [6.07, 6.45) is 1.61. The van der Waals surface area contributed by atoms with Crippen LogP contribution < -0.4 is 5.73 Å². The van der Waals surface area contributed by atoms with E-state index in [9.17, 15) is 21.6 Å². The van der Waals surface area contributed by atoms with E-state index in [0.717, 1.165) is 24.6 Å². The average molecular weight is 293 g/mol. The molecule has 0 saturated carbocycles. The van der Waals surface area contributed by atoms with Gasteiger partial charge in [0.2, 0.25) is 0 Å². The lowest BCUT2D eigenvalue weighted by atomic mass is 10.2. The zero-order chi connectivity index (χ0) is 14.3. The maximum absolute atomic E-state index is 11.5. The second-order valence-corrected chi connectivity index (χ2v) is 7.64. The molecule has 1 aromatic rings. The van der Waals surface area contributed by atoms with Crippen molar-refractivity contribution in [2.75, 3.05) is 18.2 Å². The van der Waals surface area contributed by atoms with Crippen LogP contribution in [0.4, 0.5) is 5.69 Å². The second-order valence-electron chi connectivity index (χ2n) is 3.70. The van der Waals surface area contributed by atoms with Crippen molar-refractivity contribution in [1.29, 1.82) is 0 Å². The van der Waals surface area contributed by atoms with E-state index in [-0.39, 0.29) is 0 Å². The number of carboxylic acids is 1. The van der Waals surface area contributed by atoms with Gasteiger partial charge < -0.3 is 10.8 Å². The van der Waals surface area contributed by atoms with E-state index in [1.807, 2.05) is 0 Å². The van der Waals surface area contributed by atoms with E-state index in [1.54, 1.807) is 0 Å². The molecule has 0 saturated heterocycles. The van der Waals surface area contributed by atoms with E-state index in [2.05, 4.69) is 0 Å². The molecule has 0 bridgehead atoms. The van der Waals surface area contributed by atoms with Crippen molar-refractivity contribution in [3.8, 4) is 0 Å². The average Bonchev–Trinajstić information content (AvgIpc) is 2.12. The van der Waals surface area contributed by atoms with Crippen LogP contribution in [-0.4, -0.2) is 40.4 Å². The van der Waals surface area contributed by atoms with Gasteiger partial charge in [-0.2, -0.15) is 0 Å². The summed E-state index contributed by atoms with van der Waals surface area (Å²) in [4.78, 5) is 9.82. The summed E-state index contributed by atoms with van der Waals surface area (Å²) in [7, 11) is -7.70. The number of aromatic carboxylic acids is 1. The van der Waals surface area contributed by atoms with Crippen LogP contribution in [0.1, 0.15) is 10.4 Å². The highest BCUT2D eigenvalue weighted by Crippen LogP contribution is 2.29. The maximum Gasteiger partial charge on any atom is 0.337 e. The minimum Gasteiger partial charge on any atom is -0.478 e. The van der Waals surface area contributed by atoms with Crippen molar-refractivity contribution in [3.05, 3.63) is 17.7 Å². The highest BCUT2D eigenvalue weighted by molar-refractivity contribution is 7.91. The van der Waals surface area contributed by atoms with Gasteiger partial charge in [0, 0.05) is 12.5 Å². The second kappa shape index (κ2) is 4.25. The SMILES string of the molecule is CS(=O)(=O)c1ccc(C(=O)O)c(S(C)(=O)=O)c1N. The molecule has 0 aliphatic carbocycles. The Morgan fingerprint density at radius 1 is 1.11 bits per heavy atom. The third-order valence-corrected chi connectivity index (χ3v) is 4.49. The number of sulfone groups is 2. The van der Waals surface area contributed by atoms with Crippen LogP contribution in [0.25, 0.3) is 0 Å². The molecule has 1 aromatic carbocycles. The number of nitrogen functional groups attached to an aromatic ring is 1. The fraction of sp³-hybridized carbons (Fsp3) is 0.222. The summed E-state index contributed by atoms with van der Waals surface area (Å²) in [5.41, 5.74) is 4.35. The molecule has 0 radical (unpaired) electrons. The third kappa shape index (κ3) is 2.62. The van der Waals surface area contributed by atoms with E-state index in [0.29, 0.717) is 0 Å². The molecule has 1 rings (SSSR count). The molecule has 100 valence electrons. The molecule has 0 spiro atoms. The molecule has 0 atom stereocenters. The first-order chi connectivity index (χ1) is 7.96. The predicted molar refractivity (Wildman–Crippen MR) is 64.0 cm³/mol. The van der Waals surface area contributed by atoms with Crippen LogP contribution in [0, 0.1) is 0 Å². The molecule has 3 N–H and O–H groups in total. The van der Waals surface area contributed by atoms with Crippen LogP contribution in [0.2, 0.25) is 0 Å². The Kier molecular flexibility index (Phi) is 3.41. The molecule has 0 aromatic heterocycles. The Morgan fingerprint density at radius 3 is 1.94 bits per heavy atom. The van der Waals surface area contributed by atoms with E-state index in [4.69, 9.17) is 10.8 Å². The largest absolute Gasteiger partial charge is 0.478 e. The molecule has 9 heteroatoms. The Hall–Kier alpha value is -1.61. The zero-order valence-corrected chi connectivity index (χ0v) is 11.2. The van der Waals surface area contributed by atoms with Crippen LogP contribution in [0.5, 0.6) is 0 Å². The molecule has 7 nitrogen and oxygen atoms in total. The highest BCUT2D eigenvalue weighted by Gasteiger charge is 2.26. The normalized spacial score (nSPS) is 12.3. The molecule has 0 fully saturated rings. The lowest BCUT2D eigenvalue weighted by Gasteiger charge is -2.11. The van der Waals surface area contributed by atoms with Crippen molar-refractivity contribution in [2.45, 2.75) is 9.79 Å². The van der Waals surface area contributed by atoms with Gasteiger partial charge in [-0.3, -0.25) is 0 Å². The fourth-order valence-electron chi connectivity index (χ4n) is 1.47. The molecule has 0 aliphatic rings. The van der Waals surface area contributed by atoms with Crippen molar-refractivity contribution < 1.29 is 26.7 Å². The molecule has 0 heterocycles. The van der Waals surface area contributed by atoms with Gasteiger partial charge in [0.25, 0.3) is 0 Å². The number of rotatable bonds is 3. The Bertz CT molecular complexity index is 718. The van der Waals surface area contributed by atoms with Gasteiger partial charge in [-0.25, -0.2) is 21.6 Å². The first-order valence-electron chi connectivity index (χ1n) is 4.52. The summed E-state index contributed by atoms with van der Waals surface area (Å²) in [6.45, 7) is 0. The maximum atomic E-state index is 11.5. The Balaban J connectivity index is 3.90. The van der Waals surface area contributed by atoms with Crippen molar-refractivity contribution in [1.82, 2.24) is 0 Å². The molecule has 0 unspecified atom stereocenters. The molecule has 0 amide bonds. The van der Waals surface area contributed by atoms with Gasteiger partial charge in [0.05, 0.1) is 16.1 Å². The fourth-order valence-corrected chi connectivity index (χ4v) is 3.42. The number of nitrogens with two attached hydrogens (primary N) is 1. The molecule has 0 aliphatic heterocycles. The zero-order valence-electron chi connectivity index (χ0n) is 9.54. The minimum atomic E-state index is -3.96. The summed E-state index contributed by atoms with van der Waals surface area (Å²) in [6, 6.07) is 1.88. The van der Waals surface area contributed by atoms with Gasteiger partial charge in [0.1, 0.15) is 4.90 Å². The van der Waals surface area contributed by atoms with Crippen molar-refractivity contribution in [3.63, 3.8) is 0 Å². The summed E-state index contributed by atoms with van der Waals surface area (Å²) in [5.74, 6) is -1.50. The van der Waals surface area contributed by atoms with Crippen LogP contribution in [0.15, 0.2) is 21.9 Å². The quantitative estimate of drug-likeness (QED) is 0.736. The molecular formula is C9H11NO6S2. The molecule has 18 heavy (non-hydrogen) atoms. The summed E-state index contributed by atoms with van der Waals surface area (Å²) >= 11 is 0. The Labute approximate surface area is 104 Å². The number of hydrogen-bond acceptors (Lipinski definition) is 6. The van der Waals surface area contributed by atoms with Gasteiger partial charge in [-0.1, -0.05) is 0 Å². The Morgan fingerprint density at radius 2 is 1.61 bits per heavy atom. The number of carboxylic acid groups (broad SMARTS) is 1. The lowest BCUT2D eigenvalue weighted by Crippen LogP contribution is -2.14. The topological polar surface area (TPSA) is 132 Å². The summed E-state index contributed by atoms with van der Waals surface area (Å²) < 4.78 is 45.8. The first kappa shape index (κ1) is 14.5. The predicted octanol–water partition coefficient (Wildman–Crippen LogP) is -0.226. The monoisotopic (exact) mass is 293 g/mol. The summed E-state index contributed by atoms with van der Waals surface area (Å²) in [5, 5.41) is 8.88. The number of benzene rings is 1. The standard InChI is InChI=1S/C9H11NO6S2/c1-17(13,14)6-4-3-5(9(11)12)8(7(6)10)18(2,15)16/h3-4H,10H2,1-2H3,(H,11,12). The number of hydrogen-bond donors (Lipinski definition) is 2. The first-order valence-corrected chi connectivity index (χ1v) is 8.30. The van der Waals surface area contributed by atoms with Gasteiger partial charge >= 0.3 is 5.97 Å². The number of anilines is 1. The van der Waals surface area contributed by atoms with Crippen molar-refractivity contribution in [2.24, 2.45) is 0 Å². The minimum absolute atomic E-state index is 0.409. The highest BCUT2D eigenvalue weighted by atomic mass is 32.2.